The van der Waals surface area contributed by atoms with E-state index >= 15 is 0 Å². The van der Waals surface area contributed by atoms with E-state index in [0.717, 1.165) is 49.8 Å². The Labute approximate surface area is 366 Å². The zero-order valence-electron chi connectivity index (χ0n) is 34.3. The van der Waals surface area contributed by atoms with E-state index in [1.54, 1.807) is 67.1 Å². The highest BCUT2D eigenvalue weighted by Crippen LogP contribution is 2.46. The Hall–Kier alpha value is -6.26. The lowest BCUT2D eigenvalue weighted by Crippen LogP contribution is -2.45. The number of carboxylic acid groups (broad SMARTS) is 1. The van der Waals surface area contributed by atoms with Gasteiger partial charge >= 0.3 is 5.97 Å². The fraction of sp³-hybridized carbons (Fsp3) is 0.261. The minimum Gasteiger partial charge on any atom is -0.491 e. The van der Waals surface area contributed by atoms with Crippen molar-refractivity contribution in [2.45, 2.75) is 26.1 Å². The van der Waals surface area contributed by atoms with E-state index in [9.17, 15) is 14.3 Å². The van der Waals surface area contributed by atoms with E-state index in [0.29, 0.717) is 84.1 Å². The van der Waals surface area contributed by atoms with Gasteiger partial charge in [0.1, 0.15) is 30.5 Å². The SMILES string of the molecule is COc1cc(-c2nccc(COc3ccccc3CC(Oc3nsc4cnc(-c5cccc(F)c5)c(-c5ccc(OCCN6CCN(C)CC6)c(Cl)c5C)c34)C(=O)O)n2)ccn1. The second-order valence-electron chi connectivity index (χ2n) is 14.8. The fourth-order valence-corrected chi connectivity index (χ4v) is 8.18. The molecule has 0 radical (unpaired) electrons. The van der Waals surface area contributed by atoms with Gasteiger partial charge in [-0.3, -0.25) is 9.88 Å². The van der Waals surface area contributed by atoms with E-state index in [2.05, 4.69) is 36.2 Å². The Kier molecular flexibility index (Phi) is 13.1. The molecule has 0 aliphatic carbocycles. The van der Waals surface area contributed by atoms with Crippen LogP contribution in [0.4, 0.5) is 4.39 Å². The van der Waals surface area contributed by atoms with Crippen molar-refractivity contribution < 1.29 is 33.2 Å². The topological polar surface area (TPSA) is 145 Å². The lowest BCUT2D eigenvalue weighted by atomic mass is 9.93. The maximum atomic E-state index is 14.8. The lowest BCUT2D eigenvalue weighted by Gasteiger charge is -2.32. The van der Waals surface area contributed by atoms with Crippen LogP contribution >= 0.6 is 23.1 Å². The number of halogens is 2. The maximum absolute atomic E-state index is 14.8. The van der Waals surface area contributed by atoms with Crippen LogP contribution in [0.15, 0.2) is 97.5 Å². The number of fused-ring (bicyclic) bond motifs is 1. The molecule has 3 aromatic carbocycles. The largest absolute Gasteiger partial charge is 0.491 e. The Morgan fingerprint density at radius 3 is 2.56 bits per heavy atom. The van der Waals surface area contributed by atoms with E-state index in [-0.39, 0.29) is 18.9 Å². The molecular weight excluding hydrogens is 833 g/mol. The molecule has 0 amide bonds. The van der Waals surface area contributed by atoms with Gasteiger partial charge in [0.05, 0.1) is 33.6 Å². The number of carbonyl (C=O) groups is 1. The molecule has 13 nitrogen and oxygen atoms in total. The van der Waals surface area contributed by atoms with Crippen LogP contribution in [0, 0.1) is 12.7 Å². The van der Waals surface area contributed by atoms with Crippen molar-refractivity contribution in [2.24, 2.45) is 0 Å². The van der Waals surface area contributed by atoms with Crippen LogP contribution in [0.5, 0.6) is 23.3 Å². The molecule has 7 aromatic rings. The first-order valence-electron chi connectivity index (χ1n) is 19.9. The number of para-hydroxylation sites is 1. The normalized spacial score (nSPS) is 13.8. The molecule has 0 saturated carbocycles. The number of nitrogens with zero attached hydrogens (tertiary/aromatic N) is 7. The molecule has 4 aromatic heterocycles. The number of rotatable bonds is 16. The van der Waals surface area contributed by atoms with Crippen LogP contribution < -0.4 is 18.9 Å². The van der Waals surface area contributed by atoms with Crippen molar-refractivity contribution in [3.8, 4) is 57.0 Å². The Morgan fingerprint density at radius 1 is 0.935 bits per heavy atom. The summed E-state index contributed by atoms with van der Waals surface area (Å²) in [6, 6.07) is 22.3. The van der Waals surface area contributed by atoms with E-state index in [1.165, 1.54) is 19.2 Å². The third-order valence-corrected chi connectivity index (χ3v) is 11.9. The standard InChI is InChI=1S/C46H43ClFN7O6S/c1-28-34(11-12-36(42(28)47)59-22-21-55-19-17-54(2)18-20-55)40-41-38(26-51-43(40)30-8-6-9-32(48)23-30)62-53-45(41)61-37(46(56)57)24-29-7-4-5-10-35(29)60-27-33-14-16-50-44(52-33)31-13-15-49-39(25-31)58-3/h4-16,23,25-26,37H,17-22,24,27H2,1-3H3,(H,56,57). The van der Waals surface area contributed by atoms with Crippen molar-refractivity contribution in [1.29, 1.82) is 0 Å². The van der Waals surface area contributed by atoms with Crippen molar-refractivity contribution in [1.82, 2.24) is 34.1 Å². The number of benzene rings is 3. The van der Waals surface area contributed by atoms with E-state index in [4.69, 9.17) is 35.5 Å². The van der Waals surface area contributed by atoms with Crippen LogP contribution in [0.2, 0.25) is 5.02 Å². The van der Waals surface area contributed by atoms with Gasteiger partial charge in [-0.05, 0) is 78.6 Å². The van der Waals surface area contributed by atoms with Crippen LogP contribution in [0.1, 0.15) is 16.8 Å². The molecule has 1 N–H and O–H groups in total. The second-order valence-corrected chi connectivity index (χ2v) is 15.9. The Morgan fingerprint density at radius 2 is 1.76 bits per heavy atom. The molecule has 0 spiro atoms. The van der Waals surface area contributed by atoms with Crippen molar-refractivity contribution in [3.05, 3.63) is 125 Å². The smallest absolute Gasteiger partial charge is 0.345 e. The summed E-state index contributed by atoms with van der Waals surface area (Å²) in [5.41, 5.74) is 4.86. The van der Waals surface area contributed by atoms with Crippen molar-refractivity contribution in [2.75, 3.05) is 53.5 Å². The minimum atomic E-state index is -1.38. The average molecular weight is 876 g/mol. The summed E-state index contributed by atoms with van der Waals surface area (Å²) in [6.07, 6.45) is 3.46. The summed E-state index contributed by atoms with van der Waals surface area (Å²) in [4.78, 5) is 35.6. The molecule has 1 unspecified atom stereocenters. The molecule has 5 heterocycles. The van der Waals surface area contributed by atoms with Crippen LogP contribution in [0.25, 0.3) is 43.9 Å². The van der Waals surface area contributed by atoms with E-state index in [1.807, 2.05) is 25.1 Å². The van der Waals surface area contributed by atoms with Gasteiger partial charge in [0.25, 0.3) is 0 Å². The number of piperazine rings is 1. The molecule has 62 heavy (non-hydrogen) atoms. The summed E-state index contributed by atoms with van der Waals surface area (Å²) in [7, 11) is 3.66. The second kappa shape index (κ2) is 19.2. The van der Waals surface area contributed by atoms with Crippen LogP contribution in [0.3, 0.4) is 0 Å². The molecule has 318 valence electrons. The number of hydrogen-bond donors (Lipinski definition) is 1. The quantitative estimate of drug-likeness (QED) is 0.0996. The molecule has 8 rings (SSSR count). The predicted octanol–water partition coefficient (Wildman–Crippen LogP) is 8.27. The number of hydrogen-bond acceptors (Lipinski definition) is 13. The van der Waals surface area contributed by atoms with Gasteiger partial charge in [-0.15, -0.1) is 0 Å². The highest BCUT2D eigenvalue weighted by molar-refractivity contribution is 7.13. The highest BCUT2D eigenvalue weighted by atomic mass is 35.5. The number of methoxy groups -OCH3 is 1. The zero-order chi connectivity index (χ0) is 43.2. The Balaban J connectivity index is 1.08. The summed E-state index contributed by atoms with van der Waals surface area (Å²) >= 11 is 8.17. The maximum Gasteiger partial charge on any atom is 0.345 e. The number of aromatic nitrogens is 5. The van der Waals surface area contributed by atoms with Gasteiger partial charge in [0, 0.05) is 80.5 Å². The third-order valence-electron chi connectivity index (χ3n) is 10.7. The fourth-order valence-electron chi connectivity index (χ4n) is 7.26. The molecule has 1 aliphatic heterocycles. The number of ether oxygens (including phenoxy) is 4. The number of aliphatic carboxylic acids is 1. The predicted molar refractivity (Wildman–Crippen MR) is 236 cm³/mol. The number of pyridine rings is 2. The summed E-state index contributed by atoms with van der Waals surface area (Å²) in [5, 5.41) is 11.5. The minimum absolute atomic E-state index is 0.0570. The van der Waals surface area contributed by atoms with Crippen LogP contribution in [-0.4, -0.2) is 105 Å². The third kappa shape index (κ3) is 9.61. The van der Waals surface area contributed by atoms with E-state index < -0.39 is 17.9 Å². The molecule has 1 saturated heterocycles. The molecule has 0 bridgehead atoms. The zero-order valence-corrected chi connectivity index (χ0v) is 35.8. The monoisotopic (exact) mass is 875 g/mol. The summed E-state index contributed by atoms with van der Waals surface area (Å²) < 4.78 is 44.1. The van der Waals surface area contributed by atoms with Crippen molar-refractivity contribution >= 4 is 39.2 Å². The molecular formula is C46H43ClFN7O6S. The van der Waals surface area contributed by atoms with Gasteiger partial charge in [0.2, 0.25) is 17.9 Å². The first kappa shape index (κ1) is 42.4. The van der Waals surface area contributed by atoms with Gasteiger partial charge in [-0.1, -0.05) is 48.0 Å². The highest BCUT2D eigenvalue weighted by Gasteiger charge is 2.28. The van der Waals surface area contributed by atoms with Gasteiger partial charge in [-0.25, -0.2) is 24.1 Å². The number of carboxylic acids is 1. The van der Waals surface area contributed by atoms with Gasteiger partial charge in [-0.2, -0.15) is 4.37 Å². The molecule has 1 aliphatic rings. The molecule has 1 fully saturated rings. The van der Waals surface area contributed by atoms with Gasteiger partial charge in [0.15, 0.2) is 5.82 Å². The number of likely N-dealkylation sites (N-methyl/N-ethyl adjacent to an activating group) is 1. The Bertz CT molecular complexity index is 2710. The molecule has 16 heteroatoms. The first-order chi connectivity index (χ1) is 30.1. The summed E-state index contributed by atoms with van der Waals surface area (Å²) in [6.45, 7) is 7.18. The summed E-state index contributed by atoms with van der Waals surface area (Å²) in [5.74, 6) is 0.372. The molecule has 1 atom stereocenters. The average Bonchev–Trinajstić information content (AvgIpc) is 3.70. The van der Waals surface area contributed by atoms with Crippen molar-refractivity contribution in [3.63, 3.8) is 0 Å². The lowest BCUT2D eigenvalue weighted by molar-refractivity contribution is -0.145. The van der Waals surface area contributed by atoms with Gasteiger partial charge < -0.3 is 29.0 Å². The van der Waals surface area contributed by atoms with Crippen LogP contribution in [-0.2, 0) is 17.8 Å². The first-order valence-corrected chi connectivity index (χ1v) is 21.1.